The van der Waals surface area contributed by atoms with Crippen molar-refractivity contribution in [3.63, 3.8) is 0 Å². The summed E-state index contributed by atoms with van der Waals surface area (Å²) in [4.78, 5) is 14.3. The number of rotatable bonds is 4. The van der Waals surface area contributed by atoms with Crippen molar-refractivity contribution in [1.29, 1.82) is 0 Å². The van der Waals surface area contributed by atoms with Gasteiger partial charge in [0, 0.05) is 42.7 Å². The van der Waals surface area contributed by atoms with Gasteiger partial charge in [-0.05, 0) is 38.3 Å². The van der Waals surface area contributed by atoms with E-state index in [1.54, 1.807) is 23.0 Å². The van der Waals surface area contributed by atoms with Gasteiger partial charge in [0.15, 0.2) is 0 Å². The maximum absolute atomic E-state index is 11.9. The summed E-state index contributed by atoms with van der Waals surface area (Å²) in [5.41, 5.74) is 2.75. The zero-order chi connectivity index (χ0) is 14.9. The van der Waals surface area contributed by atoms with Gasteiger partial charge >= 0.3 is 0 Å². The third-order valence-corrected chi connectivity index (χ3v) is 4.86. The molecule has 4 heterocycles. The van der Waals surface area contributed by atoms with Gasteiger partial charge in [0.1, 0.15) is 0 Å². The Morgan fingerprint density at radius 3 is 3.09 bits per heavy atom. The number of likely N-dealkylation sites (tertiary alicyclic amines) is 1. The van der Waals surface area contributed by atoms with Gasteiger partial charge < -0.3 is 0 Å². The highest BCUT2D eigenvalue weighted by Gasteiger charge is 2.27. The van der Waals surface area contributed by atoms with Crippen LogP contribution < -0.4 is 5.56 Å². The van der Waals surface area contributed by atoms with Gasteiger partial charge in [-0.2, -0.15) is 10.2 Å². The summed E-state index contributed by atoms with van der Waals surface area (Å²) in [6.07, 6.45) is 8.39. The van der Waals surface area contributed by atoms with Crippen LogP contribution in [0.5, 0.6) is 0 Å². The van der Waals surface area contributed by atoms with E-state index in [1.807, 2.05) is 6.20 Å². The maximum Gasteiger partial charge on any atom is 0.266 e. The van der Waals surface area contributed by atoms with Crippen molar-refractivity contribution in [3.05, 3.63) is 46.1 Å². The zero-order valence-corrected chi connectivity index (χ0v) is 12.7. The summed E-state index contributed by atoms with van der Waals surface area (Å²) >= 11 is 0. The second-order valence-electron chi connectivity index (χ2n) is 6.25. The normalized spacial score (nSPS) is 21.4. The minimum absolute atomic E-state index is 0.0132. The highest BCUT2D eigenvalue weighted by atomic mass is 16.1. The number of hydrogen-bond acceptors (Lipinski definition) is 4. The average Bonchev–Trinajstić information content (AvgIpc) is 3.21. The van der Waals surface area contributed by atoms with Gasteiger partial charge in [0.25, 0.3) is 5.56 Å². The number of nitrogens with zero attached hydrogens (tertiary/aromatic N) is 5. The Balaban J connectivity index is 1.49. The Morgan fingerprint density at radius 2 is 2.18 bits per heavy atom. The van der Waals surface area contributed by atoms with E-state index in [2.05, 4.69) is 19.8 Å². The summed E-state index contributed by atoms with van der Waals surface area (Å²) in [6, 6.07) is 3.67. The SMILES string of the molecule is O=c1cccnn1CC1CCCN1Cc1cnn2c1CCC2. The van der Waals surface area contributed by atoms with E-state index in [4.69, 9.17) is 0 Å². The number of fused-ring (bicyclic) bond motifs is 1. The molecule has 0 aliphatic carbocycles. The number of hydrogen-bond donors (Lipinski definition) is 0. The van der Waals surface area contributed by atoms with Gasteiger partial charge in [0.05, 0.1) is 12.7 Å². The van der Waals surface area contributed by atoms with E-state index < -0.39 is 0 Å². The largest absolute Gasteiger partial charge is 0.294 e. The summed E-state index contributed by atoms with van der Waals surface area (Å²) in [5.74, 6) is 0. The molecule has 2 aromatic rings. The molecule has 0 bridgehead atoms. The lowest BCUT2D eigenvalue weighted by Gasteiger charge is -2.24. The summed E-state index contributed by atoms with van der Waals surface area (Å²) in [7, 11) is 0. The Bertz CT molecular complexity index is 719. The molecular weight excluding hydrogens is 278 g/mol. The molecule has 1 unspecified atom stereocenters. The fourth-order valence-corrected chi connectivity index (χ4v) is 3.71. The molecule has 22 heavy (non-hydrogen) atoms. The van der Waals surface area contributed by atoms with Gasteiger partial charge in [0.2, 0.25) is 0 Å². The quantitative estimate of drug-likeness (QED) is 0.847. The van der Waals surface area contributed by atoms with Crippen molar-refractivity contribution in [2.24, 2.45) is 0 Å². The van der Waals surface area contributed by atoms with Gasteiger partial charge in [-0.25, -0.2) is 4.68 Å². The molecule has 6 nitrogen and oxygen atoms in total. The molecule has 1 fully saturated rings. The minimum atomic E-state index is -0.0132. The van der Waals surface area contributed by atoms with Crippen molar-refractivity contribution in [1.82, 2.24) is 24.5 Å². The van der Waals surface area contributed by atoms with Crippen LogP contribution in [0.4, 0.5) is 0 Å². The first-order chi connectivity index (χ1) is 10.8. The van der Waals surface area contributed by atoms with Crippen LogP contribution >= 0.6 is 0 Å². The molecule has 2 aliphatic rings. The second kappa shape index (κ2) is 5.68. The molecular formula is C16H21N5O. The summed E-state index contributed by atoms with van der Waals surface area (Å²) in [5, 5.41) is 8.68. The van der Waals surface area contributed by atoms with Crippen LogP contribution in [-0.2, 0) is 26.1 Å². The first-order valence-electron chi connectivity index (χ1n) is 8.11. The van der Waals surface area contributed by atoms with Crippen molar-refractivity contribution < 1.29 is 0 Å². The minimum Gasteiger partial charge on any atom is -0.294 e. The molecule has 116 valence electrons. The molecule has 4 rings (SSSR count). The zero-order valence-electron chi connectivity index (χ0n) is 12.7. The molecule has 2 aliphatic heterocycles. The third kappa shape index (κ3) is 2.47. The van der Waals surface area contributed by atoms with Crippen LogP contribution in [0.15, 0.2) is 29.3 Å². The monoisotopic (exact) mass is 299 g/mol. The molecule has 0 saturated carbocycles. The van der Waals surface area contributed by atoms with Crippen LogP contribution in [0.1, 0.15) is 30.5 Å². The van der Waals surface area contributed by atoms with Crippen molar-refractivity contribution in [3.8, 4) is 0 Å². The number of aryl methyl sites for hydroxylation is 1. The smallest absolute Gasteiger partial charge is 0.266 e. The second-order valence-corrected chi connectivity index (χ2v) is 6.25. The molecule has 0 N–H and O–H groups in total. The molecule has 1 atom stereocenters. The molecule has 6 heteroatoms. The Kier molecular flexibility index (Phi) is 3.54. The molecule has 1 saturated heterocycles. The topological polar surface area (TPSA) is 56.0 Å². The highest BCUT2D eigenvalue weighted by molar-refractivity contribution is 5.20. The van der Waals surface area contributed by atoms with E-state index >= 15 is 0 Å². The van der Waals surface area contributed by atoms with E-state index in [0.29, 0.717) is 12.6 Å². The van der Waals surface area contributed by atoms with Crippen LogP contribution in [-0.4, -0.2) is 37.0 Å². The van der Waals surface area contributed by atoms with Crippen LogP contribution in [0, 0.1) is 0 Å². The van der Waals surface area contributed by atoms with Crippen LogP contribution in [0.2, 0.25) is 0 Å². The Labute approximate surface area is 129 Å². The lowest BCUT2D eigenvalue weighted by molar-refractivity contribution is 0.216. The number of aromatic nitrogens is 4. The lowest BCUT2D eigenvalue weighted by atomic mass is 10.1. The van der Waals surface area contributed by atoms with Crippen LogP contribution in [0.25, 0.3) is 0 Å². The fourth-order valence-electron chi connectivity index (χ4n) is 3.71. The first-order valence-corrected chi connectivity index (χ1v) is 8.11. The first kappa shape index (κ1) is 13.7. The van der Waals surface area contributed by atoms with Crippen LogP contribution in [0.3, 0.4) is 0 Å². The van der Waals surface area contributed by atoms with Gasteiger partial charge in [-0.1, -0.05) is 0 Å². The van der Waals surface area contributed by atoms with E-state index in [9.17, 15) is 4.79 Å². The molecule has 0 radical (unpaired) electrons. The molecule has 0 spiro atoms. The molecule has 2 aromatic heterocycles. The summed E-state index contributed by atoms with van der Waals surface area (Å²) < 4.78 is 3.73. The predicted molar refractivity (Wildman–Crippen MR) is 82.5 cm³/mol. The lowest BCUT2D eigenvalue weighted by Crippen LogP contribution is -2.36. The average molecular weight is 299 g/mol. The predicted octanol–water partition coefficient (Wildman–Crippen LogP) is 1.05. The van der Waals surface area contributed by atoms with Gasteiger partial charge in [-0.3, -0.25) is 14.4 Å². The Hall–Kier alpha value is -1.95. The van der Waals surface area contributed by atoms with Crippen molar-refractivity contribution in [2.45, 2.75) is 51.4 Å². The van der Waals surface area contributed by atoms with Crippen molar-refractivity contribution >= 4 is 0 Å². The maximum atomic E-state index is 11.9. The van der Waals surface area contributed by atoms with E-state index in [-0.39, 0.29) is 5.56 Å². The molecule has 0 amide bonds. The standard InChI is InChI=1S/C16H21N5O/c22-16-6-1-7-17-21(16)12-14-4-2-8-19(14)11-13-10-18-20-9-3-5-15(13)20/h1,6-7,10,14H,2-5,8-9,11-12H2. The van der Waals surface area contributed by atoms with Gasteiger partial charge in [-0.15, -0.1) is 0 Å². The molecule has 0 aromatic carbocycles. The summed E-state index contributed by atoms with van der Waals surface area (Å²) in [6.45, 7) is 3.78. The Morgan fingerprint density at radius 1 is 1.23 bits per heavy atom. The van der Waals surface area contributed by atoms with Crippen molar-refractivity contribution in [2.75, 3.05) is 6.54 Å². The third-order valence-electron chi connectivity index (χ3n) is 4.86. The van der Waals surface area contributed by atoms with E-state index in [1.165, 1.54) is 24.1 Å². The fraction of sp³-hybridized carbons (Fsp3) is 0.562. The highest BCUT2D eigenvalue weighted by Crippen LogP contribution is 2.24. The van der Waals surface area contributed by atoms with E-state index in [0.717, 1.165) is 32.5 Å².